The van der Waals surface area contributed by atoms with Gasteiger partial charge in [0, 0.05) is 73.0 Å². The first-order chi connectivity index (χ1) is 27.9. The molecule has 8 rings (SSSR count). The first-order valence-electron chi connectivity index (χ1n) is 21.0. The van der Waals surface area contributed by atoms with Crippen molar-refractivity contribution in [1.29, 1.82) is 0 Å². The summed E-state index contributed by atoms with van der Waals surface area (Å²) >= 11 is 1.64. The van der Waals surface area contributed by atoms with Crippen LogP contribution in [0, 0.1) is 23.2 Å². The van der Waals surface area contributed by atoms with Gasteiger partial charge in [0.15, 0.2) is 0 Å². The summed E-state index contributed by atoms with van der Waals surface area (Å²) in [5.41, 5.74) is 8.85. The molecule has 2 saturated heterocycles. The molecule has 3 fully saturated rings. The number of aliphatic imine (C=N–C) groups is 1. The number of carbonyl (C=O) groups is 3. The number of pyridine rings is 1. The van der Waals surface area contributed by atoms with Gasteiger partial charge in [-0.3, -0.25) is 29.4 Å². The van der Waals surface area contributed by atoms with E-state index in [9.17, 15) is 14.4 Å². The van der Waals surface area contributed by atoms with Crippen LogP contribution in [-0.4, -0.2) is 101 Å². The summed E-state index contributed by atoms with van der Waals surface area (Å²) in [6.45, 7) is 13.5. The Morgan fingerprint density at radius 2 is 2.00 bits per heavy atom. The molecule has 6 bridgehead atoms. The van der Waals surface area contributed by atoms with Gasteiger partial charge in [0.05, 0.1) is 54.5 Å². The summed E-state index contributed by atoms with van der Waals surface area (Å²) in [5.74, 6) is 0.386. The van der Waals surface area contributed by atoms with Gasteiger partial charge in [-0.25, -0.2) is 5.43 Å². The Hall–Kier alpha value is -3.82. The second kappa shape index (κ2) is 17.0. The summed E-state index contributed by atoms with van der Waals surface area (Å²) in [4.78, 5) is 51.5. The molecule has 2 aromatic heterocycles. The number of thioether (sulfide) groups is 1. The summed E-state index contributed by atoms with van der Waals surface area (Å²) in [6.07, 6.45) is 4.57. The predicted octanol–water partition coefficient (Wildman–Crippen LogP) is 5.80. The summed E-state index contributed by atoms with van der Waals surface area (Å²) < 4.78 is 26.3. The van der Waals surface area contributed by atoms with Crippen molar-refractivity contribution in [2.75, 3.05) is 45.8 Å². The molecule has 58 heavy (non-hydrogen) atoms. The van der Waals surface area contributed by atoms with E-state index in [1.165, 1.54) is 5.01 Å². The number of aromatic nitrogens is 2. The lowest BCUT2D eigenvalue weighted by Gasteiger charge is -2.35. The molecule has 5 aliphatic rings. The minimum atomic E-state index is -0.815. The van der Waals surface area contributed by atoms with E-state index in [0.717, 1.165) is 56.2 Å². The number of amides is 2. The molecule has 312 valence electrons. The van der Waals surface area contributed by atoms with Gasteiger partial charge >= 0.3 is 5.97 Å². The molecule has 4 aliphatic heterocycles. The molecule has 1 aromatic carbocycles. The highest BCUT2D eigenvalue weighted by molar-refractivity contribution is 8.14. The van der Waals surface area contributed by atoms with E-state index in [1.807, 2.05) is 19.2 Å². The average Bonchev–Trinajstić information content (AvgIpc) is 3.71. The molecule has 1 unspecified atom stereocenters. The van der Waals surface area contributed by atoms with Crippen LogP contribution in [0.1, 0.15) is 89.3 Å². The van der Waals surface area contributed by atoms with Gasteiger partial charge in [0.25, 0.3) is 5.91 Å². The Kier molecular flexibility index (Phi) is 12.0. The SMILES string of the molecule is CO[C@@H](C)c1ncccc1-c1c2c3cc(ccc3n1CCO[C@@H]1CCOC1)C1CSC(=N1)C[C@H](NC(=O)[C@H]1[C@H](C)[C@@H]1C)C(=O)N1CCC[C@H](N1)C(=O)OCC(C)(C)C2. The van der Waals surface area contributed by atoms with Crippen molar-refractivity contribution in [2.45, 2.75) is 104 Å². The first kappa shape index (κ1) is 40.9. The van der Waals surface area contributed by atoms with Crippen LogP contribution < -0.4 is 10.7 Å². The van der Waals surface area contributed by atoms with Crippen molar-refractivity contribution >= 4 is 45.5 Å². The number of ether oxygens (including phenoxy) is 4. The van der Waals surface area contributed by atoms with Crippen molar-refractivity contribution < 1.29 is 33.3 Å². The van der Waals surface area contributed by atoms with Gasteiger partial charge in [-0.2, -0.15) is 0 Å². The maximum absolute atomic E-state index is 14.2. The fourth-order valence-corrected chi connectivity index (χ4v) is 10.2. The number of rotatable bonds is 9. The normalized spacial score (nSPS) is 29.2. The van der Waals surface area contributed by atoms with E-state index in [1.54, 1.807) is 18.9 Å². The molecule has 1 saturated carbocycles. The molecule has 3 aromatic rings. The Balaban J connectivity index is 1.23. The number of hydrazine groups is 1. The zero-order chi connectivity index (χ0) is 40.7. The van der Waals surface area contributed by atoms with Gasteiger partial charge in [0.1, 0.15) is 12.1 Å². The molecule has 2 N–H and O–H groups in total. The smallest absolute Gasteiger partial charge is 0.324 e. The van der Waals surface area contributed by atoms with E-state index in [4.69, 9.17) is 28.9 Å². The highest BCUT2D eigenvalue weighted by Gasteiger charge is 2.49. The molecule has 8 atom stereocenters. The molecule has 1 aliphatic carbocycles. The minimum Gasteiger partial charge on any atom is -0.464 e. The topological polar surface area (TPSA) is 146 Å². The number of esters is 1. The zero-order valence-electron chi connectivity index (χ0n) is 34.6. The average molecular weight is 815 g/mol. The Morgan fingerprint density at radius 3 is 2.76 bits per heavy atom. The summed E-state index contributed by atoms with van der Waals surface area (Å²) in [6, 6.07) is 9.10. The van der Waals surface area contributed by atoms with Crippen LogP contribution in [0.2, 0.25) is 0 Å². The van der Waals surface area contributed by atoms with Crippen LogP contribution in [-0.2, 0) is 46.3 Å². The fourth-order valence-electron chi connectivity index (χ4n) is 9.07. The number of nitrogens with one attached hydrogen (secondary N) is 2. The first-order valence-corrected chi connectivity index (χ1v) is 22.0. The number of benzene rings is 1. The fraction of sp³-hybridized carbons (Fsp3) is 0.614. The van der Waals surface area contributed by atoms with Gasteiger partial charge in [-0.1, -0.05) is 33.8 Å². The Bertz CT molecular complexity index is 2050. The zero-order valence-corrected chi connectivity index (χ0v) is 35.4. The van der Waals surface area contributed by atoms with Crippen LogP contribution in [0.15, 0.2) is 41.5 Å². The van der Waals surface area contributed by atoms with Gasteiger partial charge in [0.2, 0.25) is 5.91 Å². The lowest BCUT2D eigenvalue weighted by molar-refractivity contribution is -0.155. The van der Waals surface area contributed by atoms with Crippen molar-refractivity contribution in [3.63, 3.8) is 0 Å². The second-order valence-corrected chi connectivity index (χ2v) is 18.6. The van der Waals surface area contributed by atoms with Crippen molar-refractivity contribution in [3.8, 4) is 11.3 Å². The molecule has 6 heterocycles. The second-order valence-electron chi connectivity index (χ2n) is 17.5. The number of hydrogen-bond acceptors (Lipinski definition) is 11. The van der Waals surface area contributed by atoms with Gasteiger partial charge < -0.3 is 28.8 Å². The van der Waals surface area contributed by atoms with Crippen LogP contribution in [0.4, 0.5) is 0 Å². The number of methoxy groups -OCH3 is 1. The van der Waals surface area contributed by atoms with Crippen LogP contribution in [0.3, 0.4) is 0 Å². The van der Waals surface area contributed by atoms with Crippen molar-refractivity contribution in [1.82, 2.24) is 25.3 Å². The largest absolute Gasteiger partial charge is 0.464 e. The number of fused-ring (bicyclic) bond motifs is 5. The Morgan fingerprint density at radius 1 is 1.17 bits per heavy atom. The molecule has 14 heteroatoms. The van der Waals surface area contributed by atoms with E-state index >= 15 is 0 Å². The van der Waals surface area contributed by atoms with E-state index in [2.05, 4.69) is 67.3 Å². The standard InChI is InChI=1S/C44H58N6O7S/c1-25-26(2)38(25)41(51)47-34-20-37-46-35(23-58-37)28-11-12-36-31(19-28)32(21-44(4,5)24-57-43(53)33-10-8-15-50(48-33)42(34)52)40(30-9-7-14-45-39(30)27(3)54-6)49(36)16-18-56-29-13-17-55-22-29/h7,9,11-12,14,19,25-27,29,33-35,38,48H,8,10,13,15-18,20-24H2,1-6H3,(H,47,51)/t25-,26+,27-,29+,33-,34-,35?,38+/m0/s1. The minimum absolute atomic E-state index is 0.0742. The monoisotopic (exact) mass is 814 g/mol. The van der Waals surface area contributed by atoms with Crippen LogP contribution >= 0.6 is 11.8 Å². The quantitative estimate of drug-likeness (QED) is 0.255. The molecular formula is C44H58N6O7S. The predicted molar refractivity (Wildman–Crippen MR) is 223 cm³/mol. The Labute approximate surface area is 345 Å². The number of carbonyl (C=O) groups excluding carboxylic acids is 3. The highest BCUT2D eigenvalue weighted by Crippen LogP contribution is 2.46. The summed E-state index contributed by atoms with van der Waals surface area (Å²) in [5, 5.41) is 6.54. The third kappa shape index (κ3) is 8.45. The van der Waals surface area contributed by atoms with E-state index < -0.39 is 23.5 Å². The molecule has 0 spiro atoms. The molecule has 2 amide bonds. The molecular weight excluding hydrogens is 757 g/mol. The maximum Gasteiger partial charge on any atom is 0.324 e. The van der Waals surface area contributed by atoms with Crippen molar-refractivity contribution in [3.05, 3.63) is 53.3 Å². The number of cyclic esters (lactones) is 1. The molecule has 13 nitrogen and oxygen atoms in total. The molecule has 0 radical (unpaired) electrons. The highest BCUT2D eigenvalue weighted by atomic mass is 32.2. The van der Waals surface area contributed by atoms with E-state index in [0.29, 0.717) is 52.2 Å². The third-order valence-electron chi connectivity index (χ3n) is 12.8. The number of nitrogens with zero attached hydrogens (tertiary/aromatic N) is 4. The van der Waals surface area contributed by atoms with Gasteiger partial charge in [-0.15, -0.1) is 11.8 Å². The van der Waals surface area contributed by atoms with E-state index in [-0.39, 0.29) is 60.8 Å². The van der Waals surface area contributed by atoms with Crippen LogP contribution in [0.25, 0.3) is 22.2 Å². The van der Waals surface area contributed by atoms with Gasteiger partial charge in [-0.05, 0) is 79.8 Å². The number of hydrogen-bond donors (Lipinski definition) is 2. The van der Waals surface area contributed by atoms with Crippen LogP contribution in [0.5, 0.6) is 0 Å². The van der Waals surface area contributed by atoms with Crippen molar-refractivity contribution in [2.24, 2.45) is 28.2 Å². The maximum atomic E-state index is 14.2. The summed E-state index contributed by atoms with van der Waals surface area (Å²) in [7, 11) is 1.70. The third-order valence-corrected chi connectivity index (χ3v) is 13.9. The lowest BCUT2D eigenvalue weighted by Crippen LogP contribution is -2.60. The lowest BCUT2D eigenvalue weighted by atomic mass is 9.84.